The maximum absolute atomic E-state index is 4.33. The molecule has 1 aliphatic heterocycles. The highest BCUT2D eigenvalue weighted by Crippen LogP contribution is 2.27. The number of aromatic nitrogens is 4. The van der Waals surface area contributed by atoms with Gasteiger partial charge in [-0.2, -0.15) is 5.10 Å². The monoisotopic (exact) mass is 426 g/mol. The second-order valence-corrected chi connectivity index (χ2v) is 8.16. The first-order valence-corrected chi connectivity index (χ1v) is 10.9. The topological polar surface area (TPSA) is 67.7 Å². The van der Waals surface area contributed by atoms with Gasteiger partial charge in [0.1, 0.15) is 5.82 Å². The summed E-state index contributed by atoms with van der Waals surface area (Å²) >= 11 is 0. The second kappa shape index (κ2) is 9.75. The molecular weight excluding hydrogens is 396 g/mol. The first-order chi connectivity index (χ1) is 15.6. The molecule has 0 aliphatic carbocycles. The Kier molecular flexibility index (Phi) is 6.61. The molecule has 164 valence electrons. The van der Waals surface area contributed by atoms with Crippen molar-refractivity contribution >= 4 is 22.7 Å². The van der Waals surface area contributed by atoms with Crippen molar-refractivity contribution in [3.05, 3.63) is 78.5 Å². The lowest BCUT2D eigenvalue weighted by Crippen LogP contribution is -2.43. The lowest BCUT2D eigenvalue weighted by molar-refractivity contribution is 0.344. The van der Waals surface area contributed by atoms with Crippen LogP contribution >= 0.6 is 0 Å². The summed E-state index contributed by atoms with van der Waals surface area (Å²) in [5.74, 6) is 1.67. The standard InChI is InChI=1S/C15H16N4.C11H14N2/c1-10-14(9-18-19(10)3)11-4-5-12-8-17-15(16-2)7-13(12)6-11;1-2-9-3-4-13-11(5-9)6-10-7-12-8-10/h4-9H,1-3H3,(H,16,17);2-5,10,12H,1,6-8H2. The molecule has 1 saturated heterocycles. The maximum Gasteiger partial charge on any atom is 0.126 e. The minimum absolute atomic E-state index is 0.785. The summed E-state index contributed by atoms with van der Waals surface area (Å²) in [4.78, 5) is 8.66. The third-order valence-electron chi connectivity index (χ3n) is 5.96. The van der Waals surface area contributed by atoms with E-state index in [1.165, 1.54) is 27.9 Å². The lowest BCUT2D eigenvalue weighted by Gasteiger charge is -2.26. The van der Waals surface area contributed by atoms with Crippen LogP contribution in [0.3, 0.4) is 0 Å². The SMILES string of the molecule is C=Cc1ccnc(CC2CNC2)c1.CNc1cc2cc(-c3cnn(C)c3C)ccc2cn1. The summed E-state index contributed by atoms with van der Waals surface area (Å²) in [5, 5.41) is 13.0. The second-order valence-electron chi connectivity index (χ2n) is 8.16. The van der Waals surface area contributed by atoms with E-state index in [1.54, 1.807) is 0 Å². The minimum atomic E-state index is 0.785. The average Bonchev–Trinajstić information content (AvgIpc) is 3.14. The fourth-order valence-corrected chi connectivity index (χ4v) is 3.75. The predicted octanol–water partition coefficient (Wildman–Crippen LogP) is 4.47. The summed E-state index contributed by atoms with van der Waals surface area (Å²) in [6.45, 7) is 8.10. The molecule has 2 N–H and O–H groups in total. The summed E-state index contributed by atoms with van der Waals surface area (Å²) in [6.07, 6.45) is 8.62. The lowest BCUT2D eigenvalue weighted by atomic mass is 9.97. The molecule has 1 fully saturated rings. The van der Waals surface area contributed by atoms with Crippen LogP contribution in [0, 0.1) is 12.8 Å². The van der Waals surface area contributed by atoms with E-state index in [4.69, 9.17) is 0 Å². The van der Waals surface area contributed by atoms with Gasteiger partial charge in [0.05, 0.1) is 6.20 Å². The van der Waals surface area contributed by atoms with Crippen molar-refractivity contribution < 1.29 is 0 Å². The van der Waals surface area contributed by atoms with E-state index in [0.29, 0.717) is 0 Å². The smallest absolute Gasteiger partial charge is 0.126 e. The molecule has 4 heterocycles. The Morgan fingerprint density at radius 1 is 1.12 bits per heavy atom. The van der Waals surface area contributed by atoms with Crippen LogP contribution in [0.4, 0.5) is 5.82 Å². The molecule has 1 aromatic carbocycles. The summed E-state index contributed by atoms with van der Waals surface area (Å²) < 4.78 is 1.89. The number of anilines is 1. The highest BCUT2D eigenvalue weighted by Gasteiger charge is 2.17. The normalized spacial score (nSPS) is 13.2. The molecule has 6 heteroatoms. The van der Waals surface area contributed by atoms with E-state index in [-0.39, 0.29) is 0 Å². The van der Waals surface area contributed by atoms with Gasteiger partial charge in [0.2, 0.25) is 0 Å². The van der Waals surface area contributed by atoms with Crippen molar-refractivity contribution in [2.45, 2.75) is 13.3 Å². The minimum Gasteiger partial charge on any atom is -0.373 e. The first kappa shape index (κ1) is 21.7. The number of nitrogens with one attached hydrogen (secondary N) is 2. The van der Waals surface area contributed by atoms with Gasteiger partial charge in [-0.05, 0) is 73.1 Å². The molecule has 0 unspecified atom stereocenters. The molecule has 1 aliphatic rings. The van der Waals surface area contributed by atoms with E-state index >= 15 is 0 Å². The molecule has 4 aromatic rings. The zero-order valence-corrected chi connectivity index (χ0v) is 19.0. The van der Waals surface area contributed by atoms with Crippen molar-refractivity contribution in [2.24, 2.45) is 13.0 Å². The zero-order chi connectivity index (χ0) is 22.5. The maximum atomic E-state index is 4.33. The van der Waals surface area contributed by atoms with Crippen LogP contribution in [0.1, 0.15) is 17.0 Å². The number of aryl methyl sites for hydroxylation is 1. The van der Waals surface area contributed by atoms with Crippen LogP contribution in [-0.4, -0.2) is 39.9 Å². The quantitative estimate of drug-likeness (QED) is 0.493. The van der Waals surface area contributed by atoms with Gasteiger partial charge < -0.3 is 10.6 Å². The van der Waals surface area contributed by atoms with Gasteiger partial charge in [-0.3, -0.25) is 9.67 Å². The molecule has 32 heavy (non-hydrogen) atoms. The van der Waals surface area contributed by atoms with E-state index in [9.17, 15) is 0 Å². The first-order valence-electron chi connectivity index (χ1n) is 10.9. The predicted molar refractivity (Wildman–Crippen MR) is 133 cm³/mol. The van der Waals surface area contributed by atoms with Gasteiger partial charge in [0, 0.05) is 48.8 Å². The molecular formula is C26H30N6. The molecule has 0 spiro atoms. The zero-order valence-electron chi connectivity index (χ0n) is 19.0. The van der Waals surface area contributed by atoms with Crippen molar-refractivity contribution in [1.82, 2.24) is 25.1 Å². The molecule has 0 amide bonds. The number of rotatable bonds is 5. The van der Waals surface area contributed by atoms with E-state index in [2.05, 4.69) is 69.5 Å². The van der Waals surface area contributed by atoms with Crippen molar-refractivity contribution in [1.29, 1.82) is 0 Å². The molecule has 0 radical (unpaired) electrons. The Hall–Kier alpha value is -3.51. The molecule has 6 nitrogen and oxygen atoms in total. The third-order valence-corrected chi connectivity index (χ3v) is 5.96. The Bertz CT molecular complexity index is 1220. The van der Waals surface area contributed by atoms with Gasteiger partial charge >= 0.3 is 0 Å². The Morgan fingerprint density at radius 2 is 1.97 bits per heavy atom. The number of hydrogen-bond acceptors (Lipinski definition) is 5. The fourth-order valence-electron chi connectivity index (χ4n) is 3.75. The number of hydrogen-bond donors (Lipinski definition) is 2. The van der Waals surface area contributed by atoms with Crippen LogP contribution in [0.15, 0.2) is 61.6 Å². The molecule has 0 bridgehead atoms. The number of benzene rings is 1. The Labute approximate surface area is 189 Å². The van der Waals surface area contributed by atoms with Crippen LogP contribution in [0.5, 0.6) is 0 Å². The molecule has 0 atom stereocenters. The van der Waals surface area contributed by atoms with Crippen LogP contribution in [0.2, 0.25) is 0 Å². The fraction of sp³-hybridized carbons (Fsp3) is 0.269. The Morgan fingerprint density at radius 3 is 2.62 bits per heavy atom. The average molecular weight is 427 g/mol. The van der Waals surface area contributed by atoms with Crippen LogP contribution in [0.25, 0.3) is 28.0 Å². The van der Waals surface area contributed by atoms with Crippen LogP contribution in [-0.2, 0) is 13.5 Å². The van der Waals surface area contributed by atoms with E-state index in [1.807, 2.05) is 49.5 Å². The van der Waals surface area contributed by atoms with E-state index in [0.717, 1.165) is 42.2 Å². The van der Waals surface area contributed by atoms with Crippen molar-refractivity contribution in [2.75, 3.05) is 25.5 Å². The van der Waals surface area contributed by atoms with E-state index < -0.39 is 0 Å². The van der Waals surface area contributed by atoms with Crippen molar-refractivity contribution in [3.63, 3.8) is 0 Å². The van der Waals surface area contributed by atoms with Gasteiger partial charge in [-0.1, -0.05) is 24.8 Å². The highest BCUT2D eigenvalue weighted by atomic mass is 15.3. The summed E-state index contributed by atoms with van der Waals surface area (Å²) in [5.41, 5.74) is 5.88. The number of nitrogens with zero attached hydrogens (tertiary/aromatic N) is 4. The third kappa shape index (κ3) is 4.86. The number of fused-ring (bicyclic) bond motifs is 1. The largest absolute Gasteiger partial charge is 0.373 e. The summed E-state index contributed by atoms with van der Waals surface area (Å²) in [6, 6.07) is 12.6. The van der Waals surface area contributed by atoms with Crippen LogP contribution < -0.4 is 10.6 Å². The van der Waals surface area contributed by atoms with Gasteiger partial charge in [0.15, 0.2) is 0 Å². The van der Waals surface area contributed by atoms with Gasteiger partial charge in [-0.25, -0.2) is 4.98 Å². The Balaban J connectivity index is 0.000000165. The molecule has 5 rings (SSSR count). The molecule has 0 saturated carbocycles. The highest BCUT2D eigenvalue weighted by molar-refractivity contribution is 5.88. The van der Waals surface area contributed by atoms with Crippen molar-refractivity contribution in [3.8, 4) is 11.1 Å². The van der Waals surface area contributed by atoms with Gasteiger partial charge in [0.25, 0.3) is 0 Å². The summed E-state index contributed by atoms with van der Waals surface area (Å²) in [7, 11) is 3.84. The molecule has 3 aromatic heterocycles. The number of pyridine rings is 2. The van der Waals surface area contributed by atoms with Gasteiger partial charge in [-0.15, -0.1) is 0 Å².